The molecule has 0 aliphatic rings. The third-order valence-corrected chi connectivity index (χ3v) is 2.79. The summed E-state index contributed by atoms with van der Waals surface area (Å²) in [5.41, 5.74) is 1.39. The second-order valence-corrected chi connectivity index (χ2v) is 4.24. The summed E-state index contributed by atoms with van der Waals surface area (Å²) in [6, 6.07) is 11.0. The second kappa shape index (κ2) is 6.15. The molecule has 1 heterocycles. The highest BCUT2D eigenvalue weighted by Crippen LogP contribution is 2.04. The first-order chi connectivity index (χ1) is 8.34. The van der Waals surface area contributed by atoms with E-state index in [0.29, 0.717) is 6.04 Å². The Morgan fingerprint density at radius 3 is 2.82 bits per heavy atom. The predicted molar refractivity (Wildman–Crippen MR) is 67.4 cm³/mol. The molecule has 0 fully saturated rings. The lowest BCUT2D eigenvalue weighted by Crippen LogP contribution is -2.26. The lowest BCUT2D eigenvalue weighted by Gasteiger charge is -2.12. The average molecular weight is 230 g/mol. The summed E-state index contributed by atoms with van der Waals surface area (Å²) in [4.78, 5) is 4.08. The quantitative estimate of drug-likeness (QED) is 0.797. The maximum absolute atomic E-state index is 4.08. The summed E-state index contributed by atoms with van der Waals surface area (Å²) in [6.07, 6.45) is 3.76. The van der Waals surface area contributed by atoms with Crippen LogP contribution in [0, 0.1) is 0 Å². The molecule has 0 amide bonds. The van der Waals surface area contributed by atoms with Crippen molar-refractivity contribution >= 4 is 0 Å². The van der Waals surface area contributed by atoms with E-state index in [1.54, 1.807) is 0 Å². The Bertz CT molecular complexity index is 410. The van der Waals surface area contributed by atoms with E-state index in [9.17, 15) is 0 Å². The van der Waals surface area contributed by atoms with Gasteiger partial charge in [0, 0.05) is 6.04 Å². The third kappa shape index (κ3) is 4.00. The number of aryl methyl sites for hydroxylation is 1. The van der Waals surface area contributed by atoms with Crippen LogP contribution < -0.4 is 5.32 Å². The molecule has 1 atom stereocenters. The van der Waals surface area contributed by atoms with Crippen LogP contribution in [-0.4, -0.2) is 21.2 Å². The van der Waals surface area contributed by atoms with Crippen LogP contribution in [0.4, 0.5) is 0 Å². The summed E-state index contributed by atoms with van der Waals surface area (Å²) in [7, 11) is 0. The Balaban J connectivity index is 1.69. The lowest BCUT2D eigenvalue weighted by atomic mass is 10.1. The van der Waals surface area contributed by atoms with Gasteiger partial charge in [-0.05, 0) is 25.3 Å². The Kier molecular flexibility index (Phi) is 4.27. The third-order valence-electron chi connectivity index (χ3n) is 2.79. The number of H-pyrrole nitrogens is 1. The Labute approximate surface area is 101 Å². The molecule has 2 aromatic rings. The van der Waals surface area contributed by atoms with Gasteiger partial charge in [-0.15, -0.1) is 0 Å². The summed E-state index contributed by atoms with van der Waals surface area (Å²) in [5.74, 6) is 0.886. The van der Waals surface area contributed by atoms with Gasteiger partial charge >= 0.3 is 0 Å². The van der Waals surface area contributed by atoms with Crippen LogP contribution >= 0.6 is 0 Å². The first-order valence-electron chi connectivity index (χ1n) is 5.96. The van der Waals surface area contributed by atoms with Crippen molar-refractivity contribution in [3.63, 3.8) is 0 Å². The van der Waals surface area contributed by atoms with Crippen molar-refractivity contribution in [1.82, 2.24) is 20.5 Å². The Hall–Kier alpha value is -1.68. The van der Waals surface area contributed by atoms with Crippen molar-refractivity contribution in [3.8, 4) is 0 Å². The number of nitrogens with zero attached hydrogens (tertiary/aromatic N) is 2. The first kappa shape index (κ1) is 11.8. The van der Waals surface area contributed by atoms with Gasteiger partial charge in [0.25, 0.3) is 0 Å². The molecule has 0 saturated carbocycles. The number of rotatable bonds is 6. The molecular formula is C13H18N4. The zero-order valence-corrected chi connectivity index (χ0v) is 10.1. The second-order valence-electron chi connectivity index (χ2n) is 4.24. The smallest absolute Gasteiger partial charge is 0.138 e. The van der Waals surface area contributed by atoms with E-state index in [1.807, 2.05) is 0 Å². The number of nitrogens with one attached hydrogen (secondary N) is 2. The summed E-state index contributed by atoms with van der Waals surface area (Å²) < 4.78 is 0. The van der Waals surface area contributed by atoms with Gasteiger partial charge < -0.3 is 5.32 Å². The summed E-state index contributed by atoms with van der Waals surface area (Å²) in [6.45, 7) is 2.94. The molecule has 2 rings (SSSR count). The van der Waals surface area contributed by atoms with Gasteiger partial charge in [-0.3, -0.25) is 5.10 Å². The lowest BCUT2D eigenvalue weighted by molar-refractivity contribution is 0.505. The molecule has 1 aromatic heterocycles. The van der Waals surface area contributed by atoms with Gasteiger partial charge in [0.2, 0.25) is 0 Å². The summed E-state index contributed by atoms with van der Waals surface area (Å²) >= 11 is 0. The monoisotopic (exact) mass is 230 g/mol. The highest BCUT2D eigenvalue weighted by molar-refractivity contribution is 5.14. The van der Waals surface area contributed by atoms with E-state index in [4.69, 9.17) is 0 Å². The predicted octanol–water partition coefficient (Wildman–Crippen LogP) is 1.92. The average Bonchev–Trinajstić information content (AvgIpc) is 2.88. The maximum Gasteiger partial charge on any atom is 0.138 e. The first-order valence-corrected chi connectivity index (χ1v) is 5.96. The molecular weight excluding hydrogens is 212 g/mol. The number of hydrogen-bond acceptors (Lipinski definition) is 3. The van der Waals surface area contributed by atoms with Crippen molar-refractivity contribution in [1.29, 1.82) is 0 Å². The number of benzene rings is 1. The van der Waals surface area contributed by atoms with Gasteiger partial charge in [0.1, 0.15) is 12.2 Å². The van der Waals surface area contributed by atoms with Gasteiger partial charge in [0.05, 0.1) is 6.54 Å². The van der Waals surface area contributed by atoms with E-state index >= 15 is 0 Å². The molecule has 90 valence electrons. The van der Waals surface area contributed by atoms with Crippen molar-refractivity contribution in [2.24, 2.45) is 0 Å². The Morgan fingerprint density at radius 1 is 1.29 bits per heavy atom. The normalized spacial score (nSPS) is 12.5. The molecule has 0 aliphatic carbocycles. The molecule has 0 radical (unpaired) electrons. The number of aromatic nitrogens is 3. The van der Waals surface area contributed by atoms with Crippen LogP contribution in [0.1, 0.15) is 24.7 Å². The van der Waals surface area contributed by atoms with E-state index in [1.165, 1.54) is 11.9 Å². The fourth-order valence-electron chi connectivity index (χ4n) is 1.72. The molecule has 4 heteroatoms. The fourth-order valence-corrected chi connectivity index (χ4v) is 1.72. The highest BCUT2D eigenvalue weighted by atomic mass is 15.2. The SMILES string of the molecule is CC(CCc1ccccc1)NCc1ncn[nH]1. The van der Waals surface area contributed by atoms with Crippen molar-refractivity contribution in [2.75, 3.05) is 0 Å². The van der Waals surface area contributed by atoms with Gasteiger partial charge in [-0.25, -0.2) is 4.98 Å². The largest absolute Gasteiger partial charge is 0.307 e. The molecule has 0 spiro atoms. The van der Waals surface area contributed by atoms with Crippen LogP contribution in [0.2, 0.25) is 0 Å². The minimum atomic E-state index is 0.473. The zero-order chi connectivity index (χ0) is 11.9. The molecule has 1 aromatic carbocycles. The topological polar surface area (TPSA) is 53.6 Å². The standard InChI is InChI=1S/C13H18N4/c1-11(14-9-13-15-10-16-17-13)7-8-12-5-3-2-4-6-12/h2-6,10-11,14H,7-9H2,1H3,(H,15,16,17). The van der Waals surface area contributed by atoms with E-state index in [0.717, 1.165) is 25.2 Å². The van der Waals surface area contributed by atoms with Crippen molar-refractivity contribution in [2.45, 2.75) is 32.4 Å². The molecule has 0 bridgehead atoms. The van der Waals surface area contributed by atoms with Crippen molar-refractivity contribution < 1.29 is 0 Å². The minimum absolute atomic E-state index is 0.473. The van der Waals surface area contributed by atoms with Gasteiger partial charge in [-0.2, -0.15) is 5.10 Å². The Morgan fingerprint density at radius 2 is 2.12 bits per heavy atom. The van der Waals surface area contributed by atoms with E-state index < -0.39 is 0 Å². The van der Waals surface area contributed by atoms with Gasteiger partial charge in [0.15, 0.2) is 0 Å². The zero-order valence-electron chi connectivity index (χ0n) is 10.1. The fraction of sp³-hybridized carbons (Fsp3) is 0.385. The van der Waals surface area contributed by atoms with Crippen LogP contribution in [-0.2, 0) is 13.0 Å². The number of aromatic amines is 1. The summed E-state index contributed by atoms with van der Waals surface area (Å²) in [5, 5.41) is 10.1. The van der Waals surface area contributed by atoms with Crippen LogP contribution in [0.3, 0.4) is 0 Å². The van der Waals surface area contributed by atoms with Crippen LogP contribution in [0.15, 0.2) is 36.7 Å². The minimum Gasteiger partial charge on any atom is -0.307 e. The molecule has 17 heavy (non-hydrogen) atoms. The molecule has 2 N–H and O–H groups in total. The van der Waals surface area contributed by atoms with E-state index in [-0.39, 0.29) is 0 Å². The maximum atomic E-state index is 4.08. The van der Waals surface area contributed by atoms with Crippen LogP contribution in [0.25, 0.3) is 0 Å². The highest BCUT2D eigenvalue weighted by Gasteiger charge is 2.03. The molecule has 0 aliphatic heterocycles. The molecule has 0 saturated heterocycles. The molecule has 4 nitrogen and oxygen atoms in total. The molecule has 1 unspecified atom stereocenters. The van der Waals surface area contributed by atoms with Crippen molar-refractivity contribution in [3.05, 3.63) is 48.0 Å². The van der Waals surface area contributed by atoms with Gasteiger partial charge in [-0.1, -0.05) is 30.3 Å². The number of hydrogen-bond donors (Lipinski definition) is 2. The van der Waals surface area contributed by atoms with E-state index in [2.05, 4.69) is 57.8 Å². The van der Waals surface area contributed by atoms with Crippen LogP contribution in [0.5, 0.6) is 0 Å².